The highest BCUT2D eigenvalue weighted by Crippen LogP contribution is 2.29. The fourth-order valence-electron chi connectivity index (χ4n) is 2.19. The van der Waals surface area contributed by atoms with Crippen molar-refractivity contribution in [3.05, 3.63) is 35.0 Å². The highest BCUT2D eigenvalue weighted by atomic mass is 32.1. The molecule has 0 aromatic carbocycles. The van der Waals surface area contributed by atoms with Crippen molar-refractivity contribution in [2.45, 2.75) is 18.8 Å². The summed E-state index contributed by atoms with van der Waals surface area (Å²) in [6, 6.07) is 2.23. The van der Waals surface area contributed by atoms with Crippen LogP contribution in [0.25, 0.3) is 0 Å². The largest absolute Gasteiger partial charge is 0.335 e. The third-order valence-electron chi connectivity index (χ3n) is 3.19. The van der Waals surface area contributed by atoms with Gasteiger partial charge in [-0.2, -0.15) is 11.3 Å². The van der Waals surface area contributed by atoms with Crippen molar-refractivity contribution in [3.8, 4) is 0 Å². The minimum Gasteiger partial charge on any atom is -0.335 e. The Kier molecular flexibility index (Phi) is 4.20. The third kappa shape index (κ3) is 3.09. The van der Waals surface area contributed by atoms with Crippen LogP contribution in [0.2, 0.25) is 0 Å². The molecular weight excluding hydrogens is 232 g/mol. The normalized spacial score (nSPS) is 16.8. The van der Waals surface area contributed by atoms with Gasteiger partial charge in [0.25, 0.3) is 0 Å². The van der Waals surface area contributed by atoms with Crippen molar-refractivity contribution >= 4 is 17.4 Å². The van der Waals surface area contributed by atoms with Crippen LogP contribution in [0.4, 0.5) is 4.79 Å². The predicted molar refractivity (Wildman–Crippen MR) is 71.5 cm³/mol. The lowest BCUT2D eigenvalue weighted by atomic mass is 9.91. The Hall–Kier alpha value is -1.29. The molecule has 1 aliphatic rings. The second kappa shape index (κ2) is 5.87. The van der Waals surface area contributed by atoms with Gasteiger partial charge in [0.15, 0.2) is 0 Å². The Labute approximate surface area is 106 Å². The molecule has 0 bridgehead atoms. The Morgan fingerprint density at radius 3 is 2.94 bits per heavy atom. The molecule has 2 heterocycles. The van der Waals surface area contributed by atoms with Crippen molar-refractivity contribution in [2.75, 3.05) is 19.6 Å². The van der Waals surface area contributed by atoms with E-state index < -0.39 is 0 Å². The summed E-state index contributed by atoms with van der Waals surface area (Å²) in [6.07, 6.45) is 3.84. The molecule has 1 saturated heterocycles. The second-order valence-electron chi connectivity index (χ2n) is 4.29. The summed E-state index contributed by atoms with van der Waals surface area (Å²) < 4.78 is 0. The van der Waals surface area contributed by atoms with E-state index in [0.717, 1.165) is 25.9 Å². The number of hydrogen-bond acceptors (Lipinski definition) is 2. The molecule has 1 N–H and O–H groups in total. The molecule has 1 aromatic rings. The molecule has 0 aliphatic carbocycles. The molecule has 2 rings (SSSR count). The van der Waals surface area contributed by atoms with E-state index in [9.17, 15) is 4.79 Å². The van der Waals surface area contributed by atoms with Gasteiger partial charge in [-0.05, 0) is 41.1 Å². The van der Waals surface area contributed by atoms with Gasteiger partial charge in [0.1, 0.15) is 0 Å². The van der Waals surface area contributed by atoms with Crippen LogP contribution in [0.5, 0.6) is 0 Å². The van der Waals surface area contributed by atoms with Gasteiger partial charge in [-0.25, -0.2) is 4.79 Å². The number of carbonyl (C=O) groups is 1. The predicted octanol–water partition coefficient (Wildman–Crippen LogP) is 2.82. The van der Waals surface area contributed by atoms with Gasteiger partial charge in [-0.1, -0.05) is 6.08 Å². The van der Waals surface area contributed by atoms with E-state index in [0.29, 0.717) is 12.5 Å². The smallest absolute Gasteiger partial charge is 0.317 e. The van der Waals surface area contributed by atoms with Crippen molar-refractivity contribution in [3.63, 3.8) is 0 Å². The SMILES string of the molecule is C=CCNC(=O)N1CCC(c2ccsc2)CC1. The number of piperidine rings is 1. The van der Waals surface area contributed by atoms with Crippen molar-refractivity contribution < 1.29 is 4.79 Å². The number of carbonyl (C=O) groups excluding carboxylic acids is 1. The molecule has 3 nitrogen and oxygen atoms in total. The summed E-state index contributed by atoms with van der Waals surface area (Å²) in [7, 11) is 0. The summed E-state index contributed by atoms with van der Waals surface area (Å²) in [6.45, 7) is 5.84. The minimum atomic E-state index is 0.0358. The average Bonchev–Trinajstić information content (AvgIpc) is 2.90. The first-order valence-corrected chi connectivity index (χ1v) is 6.91. The van der Waals surface area contributed by atoms with Crippen LogP contribution < -0.4 is 5.32 Å². The van der Waals surface area contributed by atoms with E-state index in [2.05, 4.69) is 28.7 Å². The van der Waals surface area contributed by atoms with Crippen LogP contribution in [-0.4, -0.2) is 30.6 Å². The lowest BCUT2D eigenvalue weighted by molar-refractivity contribution is 0.182. The van der Waals surface area contributed by atoms with E-state index in [1.165, 1.54) is 5.56 Å². The number of thiophene rings is 1. The van der Waals surface area contributed by atoms with Gasteiger partial charge in [-0.3, -0.25) is 0 Å². The maximum absolute atomic E-state index is 11.7. The molecule has 0 atom stereocenters. The fourth-order valence-corrected chi connectivity index (χ4v) is 2.94. The minimum absolute atomic E-state index is 0.0358. The Morgan fingerprint density at radius 2 is 2.35 bits per heavy atom. The van der Waals surface area contributed by atoms with Crippen molar-refractivity contribution in [2.24, 2.45) is 0 Å². The summed E-state index contributed by atoms with van der Waals surface area (Å²) in [4.78, 5) is 13.6. The maximum Gasteiger partial charge on any atom is 0.317 e. The molecule has 0 radical (unpaired) electrons. The third-order valence-corrected chi connectivity index (χ3v) is 3.90. The van der Waals surface area contributed by atoms with Gasteiger partial charge in [0.05, 0.1) is 0 Å². The van der Waals surface area contributed by atoms with Crippen LogP contribution in [-0.2, 0) is 0 Å². The summed E-state index contributed by atoms with van der Waals surface area (Å²) in [5.74, 6) is 0.629. The van der Waals surface area contributed by atoms with Crippen LogP contribution in [0.3, 0.4) is 0 Å². The summed E-state index contributed by atoms with van der Waals surface area (Å²) >= 11 is 1.75. The molecule has 0 unspecified atom stereocenters. The first-order chi connectivity index (χ1) is 8.31. The molecule has 4 heteroatoms. The highest BCUT2D eigenvalue weighted by Gasteiger charge is 2.23. The number of urea groups is 1. The number of amides is 2. The first-order valence-electron chi connectivity index (χ1n) is 5.97. The number of rotatable bonds is 3. The quantitative estimate of drug-likeness (QED) is 0.822. The Morgan fingerprint density at radius 1 is 1.59 bits per heavy atom. The second-order valence-corrected chi connectivity index (χ2v) is 5.07. The van der Waals surface area contributed by atoms with Gasteiger partial charge < -0.3 is 10.2 Å². The lowest BCUT2D eigenvalue weighted by Crippen LogP contribution is -2.44. The summed E-state index contributed by atoms with van der Waals surface area (Å²) in [5, 5.41) is 7.17. The van der Waals surface area contributed by atoms with Gasteiger partial charge >= 0.3 is 6.03 Å². The molecule has 1 aromatic heterocycles. The molecule has 0 saturated carbocycles. The van der Waals surface area contributed by atoms with Gasteiger partial charge in [0.2, 0.25) is 0 Å². The monoisotopic (exact) mass is 250 g/mol. The Balaban J connectivity index is 1.81. The molecule has 92 valence electrons. The average molecular weight is 250 g/mol. The number of hydrogen-bond donors (Lipinski definition) is 1. The zero-order valence-corrected chi connectivity index (χ0v) is 10.7. The molecule has 0 spiro atoms. The van der Waals surface area contributed by atoms with Gasteiger partial charge in [-0.15, -0.1) is 6.58 Å². The molecule has 2 amide bonds. The van der Waals surface area contributed by atoms with Crippen molar-refractivity contribution in [1.82, 2.24) is 10.2 Å². The zero-order valence-electron chi connectivity index (χ0n) is 9.89. The van der Waals surface area contributed by atoms with Crippen molar-refractivity contribution in [1.29, 1.82) is 0 Å². The zero-order chi connectivity index (χ0) is 12.1. The number of likely N-dealkylation sites (tertiary alicyclic amines) is 1. The van der Waals surface area contributed by atoms with Crippen LogP contribution in [0.15, 0.2) is 29.5 Å². The molecule has 1 aliphatic heterocycles. The molecule has 1 fully saturated rings. The highest BCUT2D eigenvalue weighted by molar-refractivity contribution is 7.07. The van der Waals surface area contributed by atoms with E-state index in [1.807, 2.05) is 4.90 Å². The molecule has 17 heavy (non-hydrogen) atoms. The van der Waals surface area contributed by atoms with E-state index in [1.54, 1.807) is 17.4 Å². The Bertz CT molecular complexity index is 367. The maximum atomic E-state index is 11.7. The standard InChI is InChI=1S/C13H18N2OS/c1-2-6-14-13(16)15-7-3-11(4-8-15)12-5-9-17-10-12/h2,5,9-11H,1,3-4,6-8H2,(H,14,16). The van der Waals surface area contributed by atoms with E-state index >= 15 is 0 Å². The summed E-state index contributed by atoms with van der Waals surface area (Å²) in [5.41, 5.74) is 1.43. The number of nitrogens with zero attached hydrogens (tertiary/aromatic N) is 1. The number of nitrogens with one attached hydrogen (secondary N) is 1. The van der Waals surface area contributed by atoms with Crippen LogP contribution in [0.1, 0.15) is 24.3 Å². The molecular formula is C13H18N2OS. The van der Waals surface area contributed by atoms with E-state index in [-0.39, 0.29) is 6.03 Å². The van der Waals surface area contributed by atoms with E-state index in [4.69, 9.17) is 0 Å². The van der Waals surface area contributed by atoms with Gasteiger partial charge in [0, 0.05) is 19.6 Å². The fraction of sp³-hybridized carbons (Fsp3) is 0.462. The topological polar surface area (TPSA) is 32.3 Å². The van der Waals surface area contributed by atoms with Crippen LogP contribution >= 0.6 is 11.3 Å². The lowest BCUT2D eigenvalue weighted by Gasteiger charge is -2.31. The first kappa shape index (κ1) is 12.2. The van der Waals surface area contributed by atoms with Crippen LogP contribution in [0, 0.1) is 0 Å².